The fourth-order valence-electron chi connectivity index (χ4n) is 3.48. The van der Waals surface area contributed by atoms with Crippen LogP contribution in [0.2, 0.25) is 5.02 Å². The maximum absolute atomic E-state index is 6.28. The summed E-state index contributed by atoms with van der Waals surface area (Å²) in [6.45, 7) is 8.79. The Kier molecular flexibility index (Phi) is 5.94. The summed E-state index contributed by atoms with van der Waals surface area (Å²) in [5, 5.41) is 4.31. The molecule has 2 aromatic carbocycles. The van der Waals surface area contributed by atoms with E-state index in [1.807, 2.05) is 6.07 Å². The van der Waals surface area contributed by atoms with Crippen molar-refractivity contribution in [3.8, 4) is 0 Å². The number of halogens is 1. The number of benzene rings is 2. The van der Waals surface area contributed by atoms with Crippen molar-refractivity contribution in [1.29, 1.82) is 0 Å². The highest BCUT2D eigenvalue weighted by molar-refractivity contribution is 6.30. The van der Waals surface area contributed by atoms with Crippen LogP contribution in [0.25, 0.3) is 0 Å². The summed E-state index contributed by atoms with van der Waals surface area (Å²) in [4.78, 5) is 2.58. The van der Waals surface area contributed by atoms with Crippen LogP contribution in [0, 0.1) is 0 Å². The average Bonchev–Trinajstić information content (AvgIpc) is 2.85. The first kappa shape index (κ1) is 17.5. The highest BCUT2D eigenvalue weighted by atomic mass is 35.5. The first-order valence-corrected chi connectivity index (χ1v) is 9.33. The van der Waals surface area contributed by atoms with E-state index in [0.29, 0.717) is 5.92 Å². The standard InChI is InChI=1S/C21H27ClN2/c1-16(2)17-7-9-18(10-8-17)21(19-5-3-6-20(22)15-19)24-13-4-11-23-12-14-24/h3,5-10,15-16,21,23H,4,11-14H2,1-2H3. The third-order valence-corrected chi connectivity index (χ3v) is 5.06. The van der Waals surface area contributed by atoms with E-state index in [9.17, 15) is 0 Å². The van der Waals surface area contributed by atoms with Gasteiger partial charge in [0.05, 0.1) is 6.04 Å². The van der Waals surface area contributed by atoms with E-state index in [1.165, 1.54) is 23.1 Å². The maximum atomic E-state index is 6.28. The first-order chi connectivity index (χ1) is 11.6. The number of nitrogens with zero attached hydrogens (tertiary/aromatic N) is 1. The lowest BCUT2D eigenvalue weighted by Gasteiger charge is -2.31. The van der Waals surface area contributed by atoms with Crippen molar-refractivity contribution in [3.63, 3.8) is 0 Å². The second-order valence-electron chi connectivity index (χ2n) is 6.92. The molecule has 1 heterocycles. The van der Waals surface area contributed by atoms with Gasteiger partial charge in [-0.05, 0) is 47.7 Å². The van der Waals surface area contributed by atoms with Gasteiger partial charge >= 0.3 is 0 Å². The number of nitrogens with one attached hydrogen (secondary N) is 1. The molecule has 0 radical (unpaired) electrons. The molecule has 0 aromatic heterocycles. The highest BCUT2D eigenvalue weighted by Gasteiger charge is 2.23. The van der Waals surface area contributed by atoms with Crippen LogP contribution in [0.4, 0.5) is 0 Å². The zero-order valence-corrected chi connectivity index (χ0v) is 15.4. The molecule has 1 saturated heterocycles. The fourth-order valence-corrected chi connectivity index (χ4v) is 3.68. The molecular formula is C21H27ClN2. The maximum Gasteiger partial charge on any atom is 0.0602 e. The van der Waals surface area contributed by atoms with E-state index in [4.69, 9.17) is 11.6 Å². The lowest BCUT2D eigenvalue weighted by Crippen LogP contribution is -2.33. The molecule has 2 aromatic rings. The van der Waals surface area contributed by atoms with Gasteiger partial charge in [0.1, 0.15) is 0 Å². The molecule has 0 bridgehead atoms. The van der Waals surface area contributed by atoms with Crippen molar-refractivity contribution in [1.82, 2.24) is 10.2 Å². The highest BCUT2D eigenvalue weighted by Crippen LogP contribution is 2.31. The normalized spacial score (nSPS) is 17.7. The summed E-state index contributed by atoms with van der Waals surface area (Å²) in [7, 11) is 0. The van der Waals surface area contributed by atoms with Gasteiger partial charge in [-0.15, -0.1) is 0 Å². The van der Waals surface area contributed by atoms with Crippen molar-refractivity contribution < 1.29 is 0 Å². The predicted molar refractivity (Wildman–Crippen MR) is 103 cm³/mol. The van der Waals surface area contributed by atoms with Crippen LogP contribution in [0.1, 0.15) is 48.9 Å². The number of hydrogen-bond donors (Lipinski definition) is 1. The average molecular weight is 343 g/mol. The van der Waals surface area contributed by atoms with E-state index in [2.05, 4.69) is 66.5 Å². The van der Waals surface area contributed by atoms with Crippen LogP contribution < -0.4 is 5.32 Å². The monoisotopic (exact) mass is 342 g/mol. The van der Waals surface area contributed by atoms with Crippen molar-refractivity contribution in [3.05, 3.63) is 70.2 Å². The van der Waals surface area contributed by atoms with Crippen molar-refractivity contribution >= 4 is 11.6 Å². The minimum atomic E-state index is 0.268. The molecule has 0 spiro atoms. The zero-order chi connectivity index (χ0) is 16.9. The molecule has 2 nitrogen and oxygen atoms in total. The SMILES string of the molecule is CC(C)c1ccc(C(c2cccc(Cl)c2)N2CCCNCC2)cc1. The van der Waals surface area contributed by atoms with E-state index in [1.54, 1.807) is 0 Å². The number of rotatable bonds is 4. The molecule has 0 saturated carbocycles. The molecule has 3 heteroatoms. The van der Waals surface area contributed by atoms with Gasteiger partial charge in [0.2, 0.25) is 0 Å². The molecule has 1 N–H and O–H groups in total. The van der Waals surface area contributed by atoms with E-state index >= 15 is 0 Å². The van der Waals surface area contributed by atoms with Crippen LogP contribution in [0.5, 0.6) is 0 Å². The topological polar surface area (TPSA) is 15.3 Å². The third-order valence-electron chi connectivity index (χ3n) is 4.82. The van der Waals surface area contributed by atoms with Gasteiger partial charge in [0, 0.05) is 24.7 Å². The van der Waals surface area contributed by atoms with Gasteiger partial charge in [-0.3, -0.25) is 4.90 Å². The summed E-state index contributed by atoms with van der Waals surface area (Å²) < 4.78 is 0. The molecule has 1 fully saturated rings. The van der Waals surface area contributed by atoms with Gasteiger partial charge in [0.25, 0.3) is 0 Å². The molecule has 128 valence electrons. The minimum Gasteiger partial charge on any atom is -0.315 e. The van der Waals surface area contributed by atoms with Crippen LogP contribution >= 0.6 is 11.6 Å². The second kappa shape index (κ2) is 8.15. The van der Waals surface area contributed by atoms with Crippen molar-refractivity contribution in [2.24, 2.45) is 0 Å². The summed E-state index contributed by atoms with van der Waals surface area (Å²) in [6.07, 6.45) is 1.18. The minimum absolute atomic E-state index is 0.268. The third kappa shape index (κ3) is 4.18. The van der Waals surface area contributed by atoms with Crippen LogP contribution in [0.3, 0.4) is 0 Å². The van der Waals surface area contributed by atoms with Crippen LogP contribution in [-0.2, 0) is 0 Å². The van der Waals surface area contributed by atoms with E-state index in [0.717, 1.165) is 31.2 Å². The van der Waals surface area contributed by atoms with E-state index in [-0.39, 0.29) is 6.04 Å². The molecule has 1 unspecified atom stereocenters. The van der Waals surface area contributed by atoms with Gasteiger partial charge in [-0.1, -0.05) is 61.8 Å². The lowest BCUT2D eigenvalue weighted by atomic mass is 9.94. The summed E-state index contributed by atoms with van der Waals surface area (Å²) in [6, 6.07) is 17.7. The van der Waals surface area contributed by atoms with Gasteiger partial charge in [-0.2, -0.15) is 0 Å². The van der Waals surface area contributed by atoms with Gasteiger partial charge in [0.15, 0.2) is 0 Å². The Hall–Kier alpha value is -1.35. The molecule has 3 rings (SSSR count). The van der Waals surface area contributed by atoms with Crippen molar-refractivity contribution in [2.75, 3.05) is 26.2 Å². The molecule has 1 aliphatic rings. The Bertz CT molecular complexity index is 643. The van der Waals surface area contributed by atoms with Gasteiger partial charge < -0.3 is 5.32 Å². The Morgan fingerprint density at radius 3 is 2.38 bits per heavy atom. The van der Waals surface area contributed by atoms with Gasteiger partial charge in [-0.25, -0.2) is 0 Å². The van der Waals surface area contributed by atoms with Crippen LogP contribution in [-0.4, -0.2) is 31.1 Å². The second-order valence-corrected chi connectivity index (χ2v) is 7.35. The molecule has 24 heavy (non-hydrogen) atoms. The largest absolute Gasteiger partial charge is 0.315 e. The Morgan fingerprint density at radius 1 is 0.917 bits per heavy atom. The smallest absolute Gasteiger partial charge is 0.0602 e. The molecule has 0 aliphatic carbocycles. The molecule has 0 amide bonds. The number of hydrogen-bond acceptors (Lipinski definition) is 2. The van der Waals surface area contributed by atoms with Crippen LogP contribution in [0.15, 0.2) is 48.5 Å². The first-order valence-electron chi connectivity index (χ1n) is 8.95. The molecule has 1 atom stereocenters. The summed E-state index contributed by atoms with van der Waals surface area (Å²) >= 11 is 6.28. The summed E-state index contributed by atoms with van der Waals surface area (Å²) in [5.41, 5.74) is 4.02. The predicted octanol–water partition coefficient (Wildman–Crippen LogP) is 4.85. The summed E-state index contributed by atoms with van der Waals surface area (Å²) in [5.74, 6) is 0.561. The fraction of sp³-hybridized carbons (Fsp3) is 0.429. The Balaban J connectivity index is 1.97. The van der Waals surface area contributed by atoms with Crippen molar-refractivity contribution in [2.45, 2.75) is 32.2 Å². The lowest BCUT2D eigenvalue weighted by molar-refractivity contribution is 0.241. The quantitative estimate of drug-likeness (QED) is 0.854. The molecular weight excluding hydrogens is 316 g/mol. The molecule has 1 aliphatic heterocycles. The Morgan fingerprint density at radius 2 is 1.67 bits per heavy atom. The Labute approximate surface area is 150 Å². The zero-order valence-electron chi connectivity index (χ0n) is 14.6. The van der Waals surface area contributed by atoms with E-state index < -0.39 is 0 Å².